The summed E-state index contributed by atoms with van der Waals surface area (Å²) in [4.78, 5) is 0. The van der Waals surface area contributed by atoms with Crippen LogP contribution in [0.1, 0.15) is 50.5 Å². The number of aryl methyl sites for hydroxylation is 1. The van der Waals surface area contributed by atoms with Gasteiger partial charge in [-0.2, -0.15) is 0 Å². The fraction of sp³-hybridized carbons (Fsp3) is 0.524. The number of rotatable bonds is 0. The van der Waals surface area contributed by atoms with E-state index in [1.54, 1.807) is 0 Å². The molecule has 2 bridgehead atoms. The third kappa shape index (κ3) is 1.71. The summed E-state index contributed by atoms with van der Waals surface area (Å²) in [5.74, 6) is 2.79. The second kappa shape index (κ2) is 4.75. The maximum atomic E-state index is 6.84. The van der Waals surface area contributed by atoms with Crippen LogP contribution in [0.2, 0.25) is 0 Å². The summed E-state index contributed by atoms with van der Waals surface area (Å²) in [5.41, 5.74) is 1.62. The van der Waals surface area contributed by atoms with E-state index < -0.39 is 0 Å². The number of fused-ring (bicyclic) bond motifs is 3. The lowest BCUT2D eigenvalue weighted by atomic mass is 9.59. The van der Waals surface area contributed by atoms with Gasteiger partial charge in [-0.05, 0) is 67.2 Å². The summed E-state index contributed by atoms with van der Waals surface area (Å²) in [7, 11) is 0. The predicted molar refractivity (Wildman–Crippen MR) is 90.3 cm³/mol. The first-order valence-corrected chi connectivity index (χ1v) is 9.06. The molecule has 1 heterocycles. The van der Waals surface area contributed by atoms with Crippen molar-refractivity contribution in [1.29, 1.82) is 0 Å². The zero-order chi connectivity index (χ0) is 14.6. The fourth-order valence-corrected chi connectivity index (χ4v) is 5.64. The SMILES string of the molecule is c1ccc2c3c(ccc2c1)OC1(CC3)C2CCCC1CCC2. The van der Waals surface area contributed by atoms with Gasteiger partial charge in [-0.15, -0.1) is 0 Å². The first-order chi connectivity index (χ1) is 10.9. The Morgan fingerprint density at radius 3 is 2.36 bits per heavy atom. The normalized spacial score (nSPS) is 33.5. The lowest BCUT2D eigenvalue weighted by Gasteiger charge is -2.54. The van der Waals surface area contributed by atoms with E-state index in [1.165, 1.54) is 73.5 Å². The molecule has 1 heteroatoms. The van der Waals surface area contributed by atoms with Crippen LogP contribution >= 0.6 is 0 Å². The topological polar surface area (TPSA) is 9.23 Å². The van der Waals surface area contributed by atoms with Crippen LogP contribution in [0, 0.1) is 11.8 Å². The summed E-state index contributed by atoms with van der Waals surface area (Å²) in [5, 5.41) is 2.75. The van der Waals surface area contributed by atoms with Gasteiger partial charge in [0.2, 0.25) is 0 Å². The van der Waals surface area contributed by atoms with Gasteiger partial charge in [-0.25, -0.2) is 0 Å². The molecule has 2 aliphatic carbocycles. The largest absolute Gasteiger partial charge is 0.486 e. The predicted octanol–water partition coefficient (Wildman–Crippen LogP) is 5.50. The van der Waals surface area contributed by atoms with Crippen molar-refractivity contribution in [3.63, 3.8) is 0 Å². The molecule has 2 saturated carbocycles. The maximum Gasteiger partial charge on any atom is 0.124 e. The molecule has 3 aliphatic rings. The van der Waals surface area contributed by atoms with Crippen LogP contribution in [0.3, 0.4) is 0 Å². The second-order valence-electron chi connectivity index (χ2n) is 7.58. The summed E-state index contributed by atoms with van der Waals surface area (Å²) in [6.07, 6.45) is 10.8. The highest BCUT2D eigenvalue weighted by Crippen LogP contribution is 2.54. The Morgan fingerprint density at radius 2 is 1.59 bits per heavy atom. The zero-order valence-electron chi connectivity index (χ0n) is 13.2. The molecule has 2 fully saturated rings. The van der Waals surface area contributed by atoms with Crippen molar-refractivity contribution < 1.29 is 4.74 Å². The molecule has 0 unspecified atom stereocenters. The summed E-state index contributed by atoms with van der Waals surface area (Å²) in [6, 6.07) is 13.2. The molecule has 0 radical (unpaired) electrons. The molecule has 0 saturated heterocycles. The van der Waals surface area contributed by atoms with Gasteiger partial charge in [0.05, 0.1) is 0 Å². The monoisotopic (exact) mass is 292 g/mol. The number of hydrogen-bond acceptors (Lipinski definition) is 1. The van der Waals surface area contributed by atoms with Gasteiger partial charge in [0, 0.05) is 5.56 Å². The van der Waals surface area contributed by atoms with Crippen LogP contribution in [0.5, 0.6) is 5.75 Å². The molecule has 1 nitrogen and oxygen atoms in total. The summed E-state index contributed by atoms with van der Waals surface area (Å²) < 4.78 is 6.84. The van der Waals surface area contributed by atoms with Crippen LogP contribution < -0.4 is 4.74 Å². The van der Waals surface area contributed by atoms with Crippen molar-refractivity contribution in [2.45, 2.75) is 57.0 Å². The Bertz CT molecular complexity index is 695. The van der Waals surface area contributed by atoms with E-state index in [1.807, 2.05) is 0 Å². The van der Waals surface area contributed by atoms with Gasteiger partial charge < -0.3 is 4.74 Å². The van der Waals surface area contributed by atoms with E-state index in [2.05, 4.69) is 36.4 Å². The minimum Gasteiger partial charge on any atom is -0.486 e. The molecule has 1 aliphatic heterocycles. The minimum atomic E-state index is 0.173. The highest BCUT2D eigenvalue weighted by atomic mass is 16.5. The van der Waals surface area contributed by atoms with Crippen molar-refractivity contribution in [3.05, 3.63) is 42.0 Å². The van der Waals surface area contributed by atoms with Gasteiger partial charge in [-0.3, -0.25) is 0 Å². The van der Waals surface area contributed by atoms with Gasteiger partial charge in [0.15, 0.2) is 0 Å². The Labute approximate surface area is 132 Å². The van der Waals surface area contributed by atoms with Crippen molar-refractivity contribution >= 4 is 10.8 Å². The molecule has 2 aromatic rings. The highest BCUT2D eigenvalue weighted by Gasteiger charge is 2.52. The highest BCUT2D eigenvalue weighted by molar-refractivity contribution is 5.88. The molecular weight excluding hydrogens is 268 g/mol. The van der Waals surface area contributed by atoms with E-state index in [-0.39, 0.29) is 5.60 Å². The molecule has 114 valence electrons. The zero-order valence-corrected chi connectivity index (χ0v) is 13.2. The smallest absolute Gasteiger partial charge is 0.124 e. The second-order valence-corrected chi connectivity index (χ2v) is 7.58. The third-order valence-electron chi connectivity index (χ3n) is 6.66. The molecule has 5 rings (SSSR count). The number of benzene rings is 2. The van der Waals surface area contributed by atoms with E-state index >= 15 is 0 Å². The van der Waals surface area contributed by atoms with E-state index in [0.29, 0.717) is 0 Å². The van der Waals surface area contributed by atoms with Gasteiger partial charge in [0.1, 0.15) is 11.4 Å². The molecule has 0 amide bonds. The van der Waals surface area contributed by atoms with Crippen molar-refractivity contribution in [1.82, 2.24) is 0 Å². The Morgan fingerprint density at radius 1 is 0.864 bits per heavy atom. The van der Waals surface area contributed by atoms with Gasteiger partial charge in [0.25, 0.3) is 0 Å². The van der Waals surface area contributed by atoms with E-state index in [4.69, 9.17) is 4.74 Å². The molecular formula is C21H24O. The molecule has 1 spiro atoms. The molecule has 2 aromatic carbocycles. The quantitative estimate of drug-likeness (QED) is 0.622. The molecule has 0 aromatic heterocycles. The average Bonchev–Trinajstić information content (AvgIpc) is 2.54. The summed E-state index contributed by atoms with van der Waals surface area (Å²) >= 11 is 0. The Hall–Kier alpha value is -1.50. The Kier molecular flexibility index (Phi) is 2.80. The lowest BCUT2D eigenvalue weighted by molar-refractivity contribution is -0.110. The first-order valence-electron chi connectivity index (χ1n) is 9.06. The molecule has 0 atom stereocenters. The van der Waals surface area contributed by atoms with E-state index in [9.17, 15) is 0 Å². The van der Waals surface area contributed by atoms with Gasteiger partial charge >= 0.3 is 0 Å². The standard InChI is InChI=1S/C21H24O/c1-2-10-18-15(5-1)11-12-20-19(18)13-14-21(22-20)16-6-3-7-17(21)9-4-8-16/h1-2,5,10-12,16-17H,3-4,6-9,13-14H2. The van der Waals surface area contributed by atoms with Crippen LogP contribution in [-0.4, -0.2) is 5.60 Å². The molecule has 22 heavy (non-hydrogen) atoms. The van der Waals surface area contributed by atoms with Gasteiger partial charge in [-0.1, -0.05) is 43.2 Å². The van der Waals surface area contributed by atoms with Crippen molar-refractivity contribution in [2.24, 2.45) is 11.8 Å². The van der Waals surface area contributed by atoms with Crippen molar-refractivity contribution in [2.75, 3.05) is 0 Å². The van der Waals surface area contributed by atoms with Crippen molar-refractivity contribution in [3.8, 4) is 5.75 Å². The fourth-order valence-electron chi connectivity index (χ4n) is 5.64. The van der Waals surface area contributed by atoms with Crippen LogP contribution in [0.4, 0.5) is 0 Å². The van der Waals surface area contributed by atoms with Crippen LogP contribution in [0.15, 0.2) is 36.4 Å². The van der Waals surface area contributed by atoms with Crippen LogP contribution in [0.25, 0.3) is 10.8 Å². The number of ether oxygens (including phenoxy) is 1. The minimum absolute atomic E-state index is 0.173. The van der Waals surface area contributed by atoms with E-state index in [0.717, 1.165) is 11.8 Å². The third-order valence-corrected chi connectivity index (χ3v) is 6.66. The summed E-state index contributed by atoms with van der Waals surface area (Å²) in [6.45, 7) is 0. The Balaban J connectivity index is 1.60. The first kappa shape index (κ1) is 13.0. The lowest BCUT2D eigenvalue weighted by Crippen LogP contribution is -2.56. The average molecular weight is 292 g/mol. The number of hydrogen-bond donors (Lipinski definition) is 0. The molecule has 0 N–H and O–H groups in total. The van der Waals surface area contributed by atoms with Crippen LogP contribution in [-0.2, 0) is 6.42 Å². The maximum absolute atomic E-state index is 6.84.